The monoisotopic (exact) mass is 372 g/mol. The molecule has 0 bridgehead atoms. The Bertz CT molecular complexity index is 537. The third kappa shape index (κ3) is 15.4. The summed E-state index contributed by atoms with van der Waals surface area (Å²) in [6, 6.07) is 0. The first-order valence-electron chi connectivity index (χ1n) is 10.9. The molecule has 0 amide bonds. The third-order valence-corrected chi connectivity index (χ3v) is 5.00. The maximum Gasteiger partial charge on any atom is 0.135 e. The average molecular weight is 373 g/mol. The molecule has 0 unspecified atom stereocenters. The maximum absolute atomic E-state index is 11.7. The van der Waals surface area contributed by atoms with Gasteiger partial charge in [-0.25, -0.2) is 0 Å². The van der Waals surface area contributed by atoms with E-state index in [-0.39, 0.29) is 5.92 Å². The Morgan fingerprint density at radius 1 is 0.704 bits per heavy atom. The summed E-state index contributed by atoms with van der Waals surface area (Å²) in [5.74, 6) is 0.542. The van der Waals surface area contributed by atoms with Gasteiger partial charge in [-0.1, -0.05) is 67.4 Å². The molecule has 0 saturated carbocycles. The summed E-state index contributed by atoms with van der Waals surface area (Å²) in [5.41, 5.74) is 5.90. The molecule has 0 aromatic rings. The smallest absolute Gasteiger partial charge is 0.135 e. The number of carbonyl (C=O) groups excluding carboxylic acids is 1. The van der Waals surface area contributed by atoms with Crippen LogP contribution in [0.1, 0.15) is 106 Å². The number of carbonyl (C=O) groups is 1. The molecule has 1 heteroatoms. The Kier molecular flexibility index (Phi) is 14.9. The molecule has 0 saturated heterocycles. The van der Waals surface area contributed by atoms with Crippen molar-refractivity contribution in [2.45, 2.75) is 106 Å². The maximum atomic E-state index is 11.7. The van der Waals surface area contributed by atoms with Crippen molar-refractivity contribution in [2.24, 2.45) is 5.92 Å². The zero-order chi connectivity index (χ0) is 20.7. The molecule has 0 atom stereocenters. The van der Waals surface area contributed by atoms with E-state index in [2.05, 4.69) is 58.9 Å². The Morgan fingerprint density at radius 3 is 1.67 bits per heavy atom. The number of ketones is 1. The van der Waals surface area contributed by atoms with Crippen molar-refractivity contribution in [3.63, 3.8) is 0 Å². The lowest BCUT2D eigenvalue weighted by Gasteiger charge is -2.05. The molecule has 0 aliphatic carbocycles. The van der Waals surface area contributed by atoms with Gasteiger partial charge >= 0.3 is 0 Å². The fraction of sp³-hybridized carbons (Fsp3) is 0.654. The zero-order valence-electron chi connectivity index (χ0n) is 19.2. The molecule has 0 fully saturated rings. The van der Waals surface area contributed by atoms with Gasteiger partial charge in [0.25, 0.3) is 0 Å². The number of allylic oxidation sites excluding steroid dienone is 8. The Hall–Kier alpha value is -1.37. The molecule has 0 N–H and O–H groups in total. The second-order valence-corrected chi connectivity index (χ2v) is 8.37. The molecule has 0 spiro atoms. The van der Waals surface area contributed by atoms with Gasteiger partial charge in [-0.15, -0.1) is 0 Å². The summed E-state index contributed by atoms with van der Waals surface area (Å²) in [7, 11) is 0. The van der Waals surface area contributed by atoms with Crippen LogP contribution < -0.4 is 0 Å². The first-order valence-corrected chi connectivity index (χ1v) is 10.9. The summed E-state index contributed by atoms with van der Waals surface area (Å²) in [6.07, 6.45) is 19.0. The van der Waals surface area contributed by atoms with Crippen molar-refractivity contribution in [3.8, 4) is 0 Å². The van der Waals surface area contributed by atoms with Gasteiger partial charge in [-0.2, -0.15) is 0 Å². The fourth-order valence-corrected chi connectivity index (χ4v) is 2.97. The normalized spacial score (nSPS) is 13.3. The summed E-state index contributed by atoms with van der Waals surface area (Å²) < 4.78 is 0. The molecule has 0 aromatic carbocycles. The highest BCUT2D eigenvalue weighted by Gasteiger charge is 2.05. The average Bonchev–Trinajstić information content (AvgIpc) is 2.59. The highest BCUT2D eigenvalue weighted by Crippen LogP contribution is 2.16. The highest BCUT2D eigenvalue weighted by molar-refractivity contribution is 5.80. The van der Waals surface area contributed by atoms with Gasteiger partial charge in [0.15, 0.2) is 0 Å². The lowest BCUT2D eigenvalue weighted by atomic mass is 10.0. The standard InChI is InChI=1S/C26H44O/c1-8-25(19-12-20-26(27)22(4)5)18-11-17-24(7)16-10-15-23(6)14-9-13-21(2)3/h13,15,17,19,22H,8-12,14,16,18,20H2,1-7H3. The molecule has 154 valence electrons. The summed E-state index contributed by atoms with van der Waals surface area (Å²) in [6.45, 7) is 15.0. The molecule has 0 rings (SSSR count). The Balaban J connectivity index is 4.17. The van der Waals surface area contributed by atoms with Crippen LogP contribution in [-0.2, 0) is 4.79 Å². The van der Waals surface area contributed by atoms with Crippen molar-refractivity contribution in [1.29, 1.82) is 0 Å². The van der Waals surface area contributed by atoms with Crippen molar-refractivity contribution in [1.82, 2.24) is 0 Å². The topological polar surface area (TPSA) is 17.1 Å². The first-order chi connectivity index (χ1) is 12.8. The third-order valence-electron chi connectivity index (χ3n) is 5.00. The van der Waals surface area contributed by atoms with E-state index in [9.17, 15) is 4.79 Å². The van der Waals surface area contributed by atoms with E-state index in [1.165, 1.54) is 28.7 Å². The summed E-state index contributed by atoms with van der Waals surface area (Å²) in [5, 5.41) is 0. The van der Waals surface area contributed by atoms with Crippen LogP contribution in [0.3, 0.4) is 0 Å². The highest BCUT2D eigenvalue weighted by atomic mass is 16.1. The molecule has 0 aromatic heterocycles. The lowest BCUT2D eigenvalue weighted by molar-refractivity contribution is -0.121. The second-order valence-electron chi connectivity index (χ2n) is 8.37. The van der Waals surface area contributed by atoms with Gasteiger partial charge in [-0.05, 0) is 79.1 Å². The Morgan fingerprint density at radius 2 is 1.19 bits per heavy atom. The van der Waals surface area contributed by atoms with Crippen molar-refractivity contribution >= 4 is 5.78 Å². The fourth-order valence-electron chi connectivity index (χ4n) is 2.97. The van der Waals surface area contributed by atoms with Gasteiger partial charge in [0.2, 0.25) is 0 Å². The minimum atomic E-state index is 0.166. The zero-order valence-corrected chi connectivity index (χ0v) is 19.2. The minimum absolute atomic E-state index is 0.166. The van der Waals surface area contributed by atoms with Crippen LogP contribution in [0.4, 0.5) is 0 Å². The van der Waals surface area contributed by atoms with Crippen LogP contribution in [0.25, 0.3) is 0 Å². The largest absolute Gasteiger partial charge is 0.299 e. The van der Waals surface area contributed by atoms with E-state index in [0.717, 1.165) is 44.9 Å². The molecular weight excluding hydrogens is 328 g/mol. The quantitative estimate of drug-likeness (QED) is 0.279. The van der Waals surface area contributed by atoms with Crippen LogP contribution in [0.5, 0.6) is 0 Å². The van der Waals surface area contributed by atoms with Crippen molar-refractivity contribution in [3.05, 3.63) is 46.6 Å². The molecule has 27 heavy (non-hydrogen) atoms. The summed E-state index contributed by atoms with van der Waals surface area (Å²) in [4.78, 5) is 11.7. The Labute approximate surface area is 169 Å². The van der Waals surface area contributed by atoms with Crippen molar-refractivity contribution in [2.75, 3.05) is 0 Å². The van der Waals surface area contributed by atoms with Gasteiger partial charge in [0.05, 0.1) is 0 Å². The molecular formula is C26H44O. The van der Waals surface area contributed by atoms with Crippen LogP contribution in [0.15, 0.2) is 46.6 Å². The van der Waals surface area contributed by atoms with E-state index in [0.29, 0.717) is 12.2 Å². The van der Waals surface area contributed by atoms with Crippen LogP contribution in [-0.4, -0.2) is 5.78 Å². The predicted molar refractivity (Wildman–Crippen MR) is 122 cm³/mol. The van der Waals surface area contributed by atoms with E-state index < -0.39 is 0 Å². The number of rotatable bonds is 14. The van der Waals surface area contributed by atoms with Gasteiger partial charge < -0.3 is 0 Å². The van der Waals surface area contributed by atoms with Gasteiger partial charge in [0.1, 0.15) is 5.78 Å². The first kappa shape index (κ1) is 25.6. The van der Waals surface area contributed by atoms with Gasteiger partial charge in [0, 0.05) is 12.3 Å². The van der Waals surface area contributed by atoms with E-state index in [4.69, 9.17) is 0 Å². The van der Waals surface area contributed by atoms with E-state index in [1.807, 2.05) is 13.8 Å². The lowest BCUT2D eigenvalue weighted by Crippen LogP contribution is -2.05. The molecule has 0 aliphatic heterocycles. The van der Waals surface area contributed by atoms with Crippen LogP contribution in [0, 0.1) is 5.92 Å². The predicted octanol–water partition coefficient (Wildman–Crippen LogP) is 8.53. The van der Waals surface area contributed by atoms with Gasteiger partial charge in [-0.3, -0.25) is 4.79 Å². The van der Waals surface area contributed by atoms with E-state index in [1.54, 1.807) is 0 Å². The van der Waals surface area contributed by atoms with E-state index >= 15 is 0 Å². The molecule has 0 heterocycles. The molecule has 0 radical (unpaired) electrons. The molecule has 1 nitrogen and oxygen atoms in total. The van der Waals surface area contributed by atoms with Crippen molar-refractivity contribution < 1.29 is 4.79 Å². The number of hydrogen-bond acceptors (Lipinski definition) is 1. The van der Waals surface area contributed by atoms with Crippen LogP contribution in [0.2, 0.25) is 0 Å². The summed E-state index contributed by atoms with van der Waals surface area (Å²) >= 11 is 0. The van der Waals surface area contributed by atoms with Crippen LogP contribution >= 0.6 is 0 Å². The number of Topliss-reactive ketones (excluding diaryl/α,β-unsaturated/α-hetero) is 1. The minimum Gasteiger partial charge on any atom is -0.299 e. The SMILES string of the molecule is CCC(=CCCC(=O)C(C)C)CCC=C(C)CCC=C(C)CCC=C(C)C. The second kappa shape index (κ2) is 15.7. The number of hydrogen-bond donors (Lipinski definition) is 0. The molecule has 0 aliphatic rings.